The van der Waals surface area contributed by atoms with E-state index in [0.29, 0.717) is 0 Å². The first-order valence-corrected chi connectivity index (χ1v) is 8.12. The lowest BCUT2D eigenvalue weighted by molar-refractivity contribution is -0.305. The number of hydrogen-bond acceptors (Lipinski definition) is 2. The Balaban J connectivity index is 3.06. The molecule has 2 nitrogen and oxygen atoms in total. The molecule has 0 aromatic heterocycles. The molecule has 0 N–H and O–H groups in total. The van der Waals surface area contributed by atoms with Crippen molar-refractivity contribution in [1.29, 1.82) is 0 Å². The van der Waals surface area contributed by atoms with Gasteiger partial charge in [-0.2, -0.15) is 0 Å². The van der Waals surface area contributed by atoms with Crippen LogP contribution >= 0.6 is 0 Å². The van der Waals surface area contributed by atoms with E-state index in [4.69, 9.17) is 0 Å². The summed E-state index contributed by atoms with van der Waals surface area (Å²) in [6.07, 6.45) is 19.4. The highest BCUT2D eigenvalue weighted by Gasteiger charge is 1.91. The van der Waals surface area contributed by atoms with Crippen LogP contribution in [0.15, 0.2) is 12.2 Å². The molecular formula is C17H31O2-. The first-order valence-electron chi connectivity index (χ1n) is 8.12. The summed E-state index contributed by atoms with van der Waals surface area (Å²) in [4.78, 5) is 10.2. The van der Waals surface area contributed by atoms with E-state index in [9.17, 15) is 9.90 Å². The van der Waals surface area contributed by atoms with Crippen molar-refractivity contribution in [1.82, 2.24) is 0 Å². The average molecular weight is 267 g/mol. The van der Waals surface area contributed by atoms with Crippen molar-refractivity contribution in [2.24, 2.45) is 0 Å². The number of rotatable bonds is 14. The van der Waals surface area contributed by atoms with Crippen LogP contribution < -0.4 is 5.11 Å². The topological polar surface area (TPSA) is 40.1 Å². The molecule has 0 saturated carbocycles. The summed E-state index contributed by atoms with van der Waals surface area (Å²) in [6, 6.07) is 0. The van der Waals surface area contributed by atoms with Crippen LogP contribution in [0.5, 0.6) is 0 Å². The molecule has 0 amide bonds. The minimum absolute atomic E-state index is 0.220. The Bertz CT molecular complexity index is 221. The fourth-order valence-electron chi connectivity index (χ4n) is 2.16. The molecular weight excluding hydrogens is 236 g/mol. The van der Waals surface area contributed by atoms with Crippen molar-refractivity contribution in [2.75, 3.05) is 0 Å². The summed E-state index contributed by atoms with van der Waals surface area (Å²) in [5, 5.41) is 10.2. The smallest absolute Gasteiger partial charge is 0.0414 e. The maximum absolute atomic E-state index is 10.2. The minimum atomic E-state index is -0.915. The third kappa shape index (κ3) is 17.2. The van der Waals surface area contributed by atoms with Crippen LogP contribution in [-0.4, -0.2) is 5.97 Å². The SMILES string of the molecule is CCCCCCC/C=C\CCCCCCCC(=O)[O-]. The second kappa shape index (κ2) is 15.3. The maximum Gasteiger partial charge on any atom is 0.0414 e. The number of carbonyl (C=O) groups excluding carboxylic acids is 1. The van der Waals surface area contributed by atoms with Gasteiger partial charge >= 0.3 is 0 Å². The van der Waals surface area contributed by atoms with Gasteiger partial charge in [-0.15, -0.1) is 0 Å². The summed E-state index contributed by atoms with van der Waals surface area (Å²) < 4.78 is 0. The van der Waals surface area contributed by atoms with Crippen LogP contribution in [0, 0.1) is 0 Å². The molecule has 0 rings (SSSR count). The largest absolute Gasteiger partial charge is 0.550 e. The molecule has 0 fully saturated rings. The second-order valence-electron chi connectivity index (χ2n) is 5.35. The van der Waals surface area contributed by atoms with Gasteiger partial charge in [-0.05, 0) is 38.5 Å². The third-order valence-corrected chi connectivity index (χ3v) is 3.39. The minimum Gasteiger partial charge on any atom is -0.550 e. The molecule has 0 aromatic carbocycles. The molecule has 0 saturated heterocycles. The standard InChI is InChI=1S/C17H32O2/c1-2-3-4-5-6-7-8-9-10-11-12-13-14-15-16-17(18)19/h8-9H,2-7,10-16H2,1H3,(H,18,19)/p-1/b9-8-. The lowest BCUT2D eigenvalue weighted by atomic mass is 10.1. The molecule has 0 aliphatic carbocycles. The van der Waals surface area contributed by atoms with E-state index in [-0.39, 0.29) is 6.42 Å². The Hall–Kier alpha value is -0.790. The number of carboxylic acids is 1. The lowest BCUT2D eigenvalue weighted by Gasteiger charge is -2.01. The quantitative estimate of drug-likeness (QED) is 0.346. The van der Waals surface area contributed by atoms with E-state index in [1.807, 2.05) is 0 Å². The van der Waals surface area contributed by atoms with Crippen LogP contribution in [0.2, 0.25) is 0 Å². The van der Waals surface area contributed by atoms with Gasteiger partial charge in [0.15, 0.2) is 0 Å². The van der Waals surface area contributed by atoms with Gasteiger partial charge in [0.05, 0.1) is 0 Å². The molecule has 2 heteroatoms. The predicted octanol–water partition coefficient (Wildman–Crippen LogP) is 4.38. The van der Waals surface area contributed by atoms with Crippen molar-refractivity contribution in [3.05, 3.63) is 12.2 Å². The summed E-state index contributed by atoms with van der Waals surface area (Å²) in [7, 11) is 0. The molecule has 112 valence electrons. The average Bonchev–Trinajstić information content (AvgIpc) is 2.39. The van der Waals surface area contributed by atoms with Gasteiger partial charge in [0.2, 0.25) is 0 Å². The van der Waals surface area contributed by atoms with E-state index in [2.05, 4.69) is 19.1 Å². The summed E-state index contributed by atoms with van der Waals surface area (Å²) in [5.74, 6) is -0.915. The number of carbonyl (C=O) groups is 1. The van der Waals surface area contributed by atoms with E-state index in [1.54, 1.807) is 0 Å². The summed E-state index contributed by atoms with van der Waals surface area (Å²) in [5.41, 5.74) is 0. The number of carboxylic acid groups (broad SMARTS) is 1. The Kier molecular flexibility index (Phi) is 14.6. The van der Waals surface area contributed by atoms with Crippen LogP contribution in [0.1, 0.15) is 90.4 Å². The highest BCUT2D eigenvalue weighted by atomic mass is 16.4. The van der Waals surface area contributed by atoms with E-state index in [0.717, 1.165) is 19.3 Å². The number of aliphatic carboxylic acids is 1. The molecule has 0 atom stereocenters. The van der Waals surface area contributed by atoms with Crippen molar-refractivity contribution in [3.8, 4) is 0 Å². The van der Waals surface area contributed by atoms with E-state index < -0.39 is 5.97 Å². The normalized spacial score (nSPS) is 11.2. The fraction of sp³-hybridized carbons (Fsp3) is 0.824. The van der Waals surface area contributed by atoms with Crippen molar-refractivity contribution < 1.29 is 9.90 Å². The first kappa shape index (κ1) is 18.2. The highest BCUT2D eigenvalue weighted by molar-refractivity contribution is 5.63. The molecule has 0 spiro atoms. The van der Waals surface area contributed by atoms with Gasteiger partial charge in [-0.3, -0.25) is 0 Å². The van der Waals surface area contributed by atoms with Crippen molar-refractivity contribution in [2.45, 2.75) is 90.4 Å². The number of hydrogen-bond donors (Lipinski definition) is 0. The van der Waals surface area contributed by atoms with Gasteiger partial charge in [-0.1, -0.05) is 64.0 Å². The first-order chi connectivity index (χ1) is 9.27. The number of allylic oxidation sites excluding steroid dienone is 2. The highest BCUT2D eigenvalue weighted by Crippen LogP contribution is 2.09. The lowest BCUT2D eigenvalue weighted by Crippen LogP contribution is -2.21. The Morgan fingerprint density at radius 2 is 1.26 bits per heavy atom. The van der Waals surface area contributed by atoms with Crippen LogP contribution in [0.4, 0.5) is 0 Å². The molecule has 0 heterocycles. The zero-order chi connectivity index (χ0) is 14.2. The predicted molar refractivity (Wildman–Crippen MR) is 79.8 cm³/mol. The second-order valence-corrected chi connectivity index (χ2v) is 5.35. The summed E-state index contributed by atoms with van der Waals surface area (Å²) in [6.45, 7) is 2.25. The molecule has 0 aliphatic heterocycles. The van der Waals surface area contributed by atoms with Gasteiger partial charge in [0.1, 0.15) is 0 Å². The van der Waals surface area contributed by atoms with Crippen LogP contribution in [0.3, 0.4) is 0 Å². The zero-order valence-corrected chi connectivity index (χ0v) is 12.7. The maximum atomic E-state index is 10.2. The van der Waals surface area contributed by atoms with Crippen LogP contribution in [0.25, 0.3) is 0 Å². The van der Waals surface area contributed by atoms with Gasteiger partial charge in [0, 0.05) is 5.97 Å². The zero-order valence-electron chi connectivity index (χ0n) is 12.7. The Labute approximate surface area is 119 Å². The van der Waals surface area contributed by atoms with E-state index in [1.165, 1.54) is 57.8 Å². The number of unbranched alkanes of at least 4 members (excludes halogenated alkanes) is 10. The molecule has 0 unspecified atom stereocenters. The molecule has 19 heavy (non-hydrogen) atoms. The van der Waals surface area contributed by atoms with Crippen LogP contribution in [-0.2, 0) is 4.79 Å². The van der Waals surface area contributed by atoms with Crippen molar-refractivity contribution in [3.63, 3.8) is 0 Å². The molecule has 0 bridgehead atoms. The Morgan fingerprint density at radius 3 is 1.79 bits per heavy atom. The Morgan fingerprint density at radius 1 is 0.789 bits per heavy atom. The molecule has 0 aromatic rings. The third-order valence-electron chi connectivity index (χ3n) is 3.39. The van der Waals surface area contributed by atoms with E-state index >= 15 is 0 Å². The van der Waals surface area contributed by atoms with Gasteiger partial charge < -0.3 is 9.90 Å². The summed E-state index contributed by atoms with van der Waals surface area (Å²) >= 11 is 0. The van der Waals surface area contributed by atoms with Gasteiger partial charge in [0.25, 0.3) is 0 Å². The molecule has 0 aliphatic rings. The van der Waals surface area contributed by atoms with Crippen molar-refractivity contribution >= 4 is 5.97 Å². The molecule has 0 radical (unpaired) electrons. The van der Waals surface area contributed by atoms with Gasteiger partial charge in [-0.25, -0.2) is 0 Å². The monoisotopic (exact) mass is 267 g/mol. The fourth-order valence-corrected chi connectivity index (χ4v) is 2.16.